The van der Waals surface area contributed by atoms with E-state index in [9.17, 15) is 23.3 Å². The number of rotatable bonds is 6. The largest absolute Gasteiger partial charge is 0.363 e. The van der Waals surface area contributed by atoms with E-state index >= 15 is 0 Å². The second-order valence-electron chi connectivity index (χ2n) is 11.1. The van der Waals surface area contributed by atoms with Crippen molar-refractivity contribution in [1.82, 2.24) is 9.62 Å². The zero-order chi connectivity index (χ0) is 25.7. The lowest BCUT2D eigenvalue weighted by molar-refractivity contribution is -0.384. The topological polar surface area (TPSA) is 113 Å². The lowest BCUT2D eigenvalue weighted by Crippen LogP contribution is -2.55. The maximum absolute atomic E-state index is 13.2. The van der Waals surface area contributed by atoms with Crippen molar-refractivity contribution in [3.05, 3.63) is 64.2 Å². The number of nitro groups is 1. The highest BCUT2D eigenvalue weighted by Crippen LogP contribution is 2.53. The quantitative estimate of drug-likeness (QED) is 0.456. The summed E-state index contributed by atoms with van der Waals surface area (Å²) < 4.78 is 27.3. The Bertz CT molecular complexity index is 1280. The van der Waals surface area contributed by atoms with E-state index in [0.717, 1.165) is 11.8 Å². The Kier molecular flexibility index (Phi) is 6.19. The molecule has 37 heavy (non-hydrogen) atoms. The van der Waals surface area contributed by atoms with Crippen LogP contribution in [0.4, 0.5) is 11.4 Å². The van der Waals surface area contributed by atoms with Gasteiger partial charge in [0.25, 0.3) is 11.6 Å². The number of benzene rings is 2. The Balaban J connectivity index is 1.15. The first-order valence-electron chi connectivity index (χ1n) is 13.2. The molecule has 4 aliphatic carbocycles. The standard InChI is InChI=1S/C27H32N4O5S/c32-27(28-26-21-13-18-12-19(15-21)16-22(26)14-18)20-6-7-24(25(17-20)31(33)34)29-8-10-30(11-9-29)37(35,36)23-4-2-1-3-5-23/h1-7,17-19,21-22,26H,8-16H2,(H,28,32). The monoisotopic (exact) mass is 524 g/mol. The van der Waals surface area contributed by atoms with E-state index < -0.39 is 14.9 Å². The molecule has 4 saturated carbocycles. The Morgan fingerprint density at radius 2 is 1.51 bits per heavy atom. The minimum Gasteiger partial charge on any atom is -0.363 e. The fourth-order valence-corrected chi connectivity index (χ4v) is 8.83. The Morgan fingerprint density at radius 1 is 0.892 bits per heavy atom. The average molecular weight is 525 g/mol. The van der Waals surface area contributed by atoms with Gasteiger partial charge in [-0.1, -0.05) is 18.2 Å². The van der Waals surface area contributed by atoms with Gasteiger partial charge in [-0.2, -0.15) is 4.31 Å². The molecular weight excluding hydrogens is 492 g/mol. The zero-order valence-corrected chi connectivity index (χ0v) is 21.5. The average Bonchev–Trinajstić information content (AvgIpc) is 2.90. The number of carbonyl (C=O) groups is 1. The SMILES string of the molecule is O=C(NC1C2CC3CC(C2)CC1C3)c1ccc(N2CCN(S(=O)(=O)c3ccccc3)CC2)c([N+](=O)[O-])c1. The number of carbonyl (C=O) groups excluding carboxylic acids is 1. The summed E-state index contributed by atoms with van der Waals surface area (Å²) in [5, 5.41) is 15.2. The fourth-order valence-electron chi connectivity index (χ4n) is 7.38. The number of hydrogen-bond acceptors (Lipinski definition) is 6. The molecule has 2 aromatic rings. The van der Waals surface area contributed by atoms with Crippen molar-refractivity contribution in [3.63, 3.8) is 0 Å². The van der Waals surface area contributed by atoms with Crippen LogP contribution in [0.2, 0.25) is 0 Å². The van der Waals surface area contributed by atoms with Gasteiger partial charge in [-0.3, -0.25) is 14.9 Å². The summed E-state index contributed by atoms with van der Waals surface area (Å²) in [6.45, 7) is 1.10. The number of hydrogen-bond donors (Lipinski definition) is 1. The first-order valence-corrected chi connectivity index (χ1v) is 14.6. The molecule has 0 unspecified atom stereocenters. The van der Waals surface area contributed by atoms with E-state index in [0.29, 0.717) is 36.2 Å². The summed E-state index contributed by atoms with van der Waals surface area (Å²) in [5.74, 6) is 2.42. The van der Waals surface area contributed by atoms with Crippen molar-refractivity contribution in [3.8, 4) is 0 Å². The second kappa shape index (κ2) is 9.40. The molecule has 196 valence electrons. The third kappa shape index (κ3) is 4.50. The van der Waals surface area contributed by atoms with E-state index in [1.165, 1.54) is 42.5 Å². The van der Waals surface area contributed by atoms with Crippen molar-refractivity contribution >= 4 is 27.3 Å². The molecule has 0 spiro atoms. The smallest absolute Gasteiger partial charge is 0.293 e. The third-order valence-electron chi connectivity index (χ3n) is 8.92. The van der Waals surface area contributed by atoms with Crippen LogP contribution in [0.3, 0.4) is 0 Å². The van der Waals surface area contributed by atoms with Gasteiger partial charge in [-0.15, -0.1) is 0 Å². The molecule has 0 radical (unpaired) electrons. The number of piperazine rings is 1. The van der Waals surface area contributed by atoms with Crippen molar-refractivity contribution in [2.45, 2.75) is 43.0 Å². The van der Waals surface area contributed by atoms with Gasteiger partial charge < -0.3 is 10.2 Å². The van der Waals surface area contributed by atoms with Crippen LogP contribution in [-0.4, -0.2) is 55.8 Å². The van der Waals surface area contributed by atoms with Gasteiger partial charge in [-0.25, -0.2) is 8.42 Å². The van der Waals surface area contributed by atoms with Crippen LogP contribution < -0.4 is 10.2 Å². The zero-order valence-electron chi connectivity index (χ0n) is 20.7. The molecule has 5 fully saturated rings. The number of anilines is 1. The van der Waals surface area contributed by atoms with Crippen LogP contribution in [-0.2, 0) is 10.0 Å². The molecule has 0 atom stereocenters. The third-order valence-corrected chi connectivity index (χ3v) is 10.8. The van der Waals surface area contributed by atoms with Crippen molar-refractivity contribution in [2.24, 2.45) is 23.7 Å². The van der Waals surface area contributed by atoms with E-state index in [1.807, 2.05) is 4.90 Å². The molecule has 9 nitrogen and oxygen atoms in total. The van der Waals surface area contributed by atoms with Gasteiger partial charge in [0.1, 0.15) is 5.69 Å². The number of amides is 1. The predicted molar refractivity (Wildman–Crippen MR) is 139 cm³/mol. The molecule has 2 aromatic carbocycles. The molecule has 1 amide bonds. The molecular formula is C27H32N4O5S. The summed E-state index contributed by atoms with van der Waals surface area (Å²) in [7, 11) is -3.61. The summed E-state index contributed by atoms with van der Waals surface area (Å²) in [6, 6.07) is 13.1. The number of nitro benzene ring substituents is 1. The van der Waals surface area contributed by atoms with E-state index in [-0.39, 0.29) is 35.6 Å². The highest BCUT2D eigenvalue weighted by molar-refractivity contribution is 7.89. The molecule has 1 saturated heterocycles. The molecule has 1 heterocycles. The minimum atomic E-state index is -3.61. The van der Waals surface area contributed by atoms with Crippen LogP contribution in [0.5, 0.6) is 0 Å². The van der Waals surface area contributed by atoms with Gasteiger partial charge in [0, 0.05) is 43.9 Å². The highest BCUT2D eigenvalue weighted by Gasteiger charge is 2.48. The van der Waals surface area contributed by atoms with Crippen molar-refractivity contribution < 1.29 is 18.1 Å². The molecule has 7 rings (SSSR count). The van der Waals surface area contributed by atoms with E-state index in [2.05, 4.69) is 5.32 Å². The normalized spacial score (nSPS) is 29.3. The Labute approximate surface area is 217 Å². The predicted octanol–water partition coefficient (Wildman–Crippen LogP) is 3.66. The van der Waals surface area contributed by atoms with E-state index in [4.69, 9.17) is 0 Å². The first-order chi connectivity index (χ1) is 17.8. The Morgan fingerprint density at radius 3 is 2.11 bits per heavy atom. The summed E-state index contributed by atoms with van der Waals surface area (Å²) in [4.78, 5) is 26.8. The maximum Gasteiger partial charge on any atom is 0.293 e. The first kappa shape index (κ1) is 24.4. The molecule has 0 aromatic heterocycles. The second-order valence-corrected chi connectivity index (χ2v) is 13.0. The van der Waals surface area contributed by atoms with E-state index in [1.54, 1.807) is 42.5 Å². The lowest BCUT2D eigenvalue weighted by atomic mass is 9.54. The molecule has 10 heteroatoms. The highest BCUT2D eigenvalue weighted by atomic mass is 32.2. The van der Waals surface area contributed by atoms with Gasteiger partial charge in [0.15, 0.2) is 0 Å². The summed E-state index contributed by atoms with van der Waals surface area (Å²) in [6.07, 6.45) is 6.08. The lowest BCUT2D eigenvalue weighted by Gasteiger charge is -2.54. The van der Waals surface area contributed by atoms with Crippen LogP contribution in [0.15, 0.2) is 53.4 Å². The van der Waals surface area contributed by atoms with Crippen LogP contribution in [0, 0.1) is 33.8 Å². The van der Waals surface area contributed by atoms with Crippen LogP contribution >= 0.6 is 0 Å². The van der Waals surface area contributed by atoms with Crippen LogP contribution in [0.1, 0.15) is 42.5 Å². The van der Waals surface area contributed by atoms with Gasteiger partial charge >= 0.3 is 0 Å². The van der Waals surface area contributed by atoms with Gasteiger partial charge in [0.05, 0.1) is 9.82 Å². The number of nitrogens with zero attached hydrogens (tertiary/aromatic N) is 3. The Hall–Kier alpha value is -2.98. The summed E-state index contributed by atoms with van der Waals surface area (Å²) >= 11 is 0. The van der Waals surface area contributed by atoms with Gasteiger partial charge in [-0.05, 0) is 80.0 Å². The molecule has 5 aliphatic rings. The molecule has 1 aliphatic heterocycles. The molecule has 4 bridgehead atoms. The maximum atomic E-state index is 13.2. The van der Waals surface area contributed by atoms with Crippen molar-refractivity contribution in [2.75, 3.05) is 31.1 Å². The van der Waals surface area contributed by atoms with Crippen molar-refractivity contribution in [1.29, 1.82) is 0 Å². The minimum absolute atomic E-state index is 0.128. The fraction of sp³-hybridized carbons (Fsp3) is 0.519. The number of nitrogens with one attached hydrogen (secondary N) is 1. The number of sulfonamides is 1. The van der Waals surface area contributed by atoms with Gasteiger partial charge in [0.2, 0.25) is 10.0 Å². The summed E-state index contributed by atoms with van der Waals surface area (Å²) in [5.41, 5.74) is 0.583. The van der Waals surface area contributed by atoms with Crippen LogP contribution in [0.25, 0.3) is 0 Å². The molecule has 1 N–H and O–H groups in total.